The zero-order chi connectivity index (χ0) is 10.3. The van der Waals surface area contributed by atoms with Crippen molar-refractivity contribution in [1.82, 2.24) is 0 Å². The zero-order valence-corrected chi connectivity index (χ0v) is 11.0. The average Bonchev–Trinajstić information content (AvgIpc) is 2.05. The summed E-state index contributed by atoms with van der Waals surface area (Å²) < 4.78 is 22.8. The number of carbonyl (C=O) groups excluding carboxylic acids is 1. The Balaban J connectivity index is -0.000000720. The molecule has 0 aliphatic carbocycles. The summed E-state index contributed by atoms with van der Waals surface area (Å²) in [6.07, 6.45) is 1.09. The Bertz CT molecular complexity index is 192. The van der Waals surface area contributed by atoms with Gasteiger partial charge in [0.05, 0.1) is 6.61 Å². The number of rotatable bonds is 6. The maximum absolute atomic E-state index is 13.6. The van der Waals surface area contributed by atoms with Gasteiger partial charge in [0.2, 0.25) is 0 Å². The second-order valence-corrected chi connectivity index (χ2v) is 2.37. The molecule has 14 heavy (non-hydrogen) atoms. The molecule has 1 atom stereocenters. The Kier molecular flexibility index (Phi) is 9.93. The Morgan fingerprint density at radius 3 is 2.50 bits per heavy atom. The maximum atomic E-state index is 13.6. The van der Waals surface area contributed by atoms with E-state index in [0.29, 0.717) is 0 Å². The first kappa shape index (κ1) is 16.5. The molecular formula is C9H16FNaO3. The van der Waals surface area contributed by atoms with Gasteiger partial charge in [0.1, 0.15) is 0 Å². The number of hydrogen-bond donors (Lipinski definition) is 0. The fraction of sp³-hybridized carbons (Fsp3) is 0.667. The quantitative estimate of drug-likeness (QED) is 0.321. The van der Waals surface area contributed by atoms with Crippen LogP contribution in [0.3, 0.4) is 0 Å². The van der Waals surface area contributed by atoms with E-state index in [1.54, 1.807) is 13.8 Å². The number of alkyl halides is 1. The molecule has 0 radical (unpaired) electrons. The molecule has 0 aliphatic heterocycles. The van der Waals surface area contributed by atoms with Crippen molar-refractivity contribution < 1.29 is 49.6 Å². The van der Waals surface area contributed by atoms with Gasteiger partial charge in [0.25, 0.3) is 0 Å². The van der Waals surface area contributed by atoms with Crippen molar-refractivity contribution in [3.05, 3.63) is 12.7 Å². The van der Waals surface area contributed by atoms with Gasteiger partial charge in [-0.15, -0.1) is 6.58 Å². The second kappa shape index (κ2) is 8.41. The molecule has 0 spiro atoms. The van der Waals surface area contributed by atoms with E-state index < -0.39 is 11.8 Å². The van der Waals surface area contributed by atoms with E-state index in [1.807, 2.05) is 0 Å². The van der Waals surface area contributed by atoms with Gasteiger partial charge in [-0.05, 0) is 13.8 Å². The van der Waals surface area contributed by atoms with Crippen LogP contribution in [0.4, 0.5) is 4.39 Å². The zero-order valence-electron chi connectivity index (χ0n) is 10.0. The molecule has 0 aromatic carbocycles. The summed E-state index contributed by atoms with van der Waals surface area (Å²) >= 11 is 0. The van der Waals surface area contributed by atoms with Crippen molar-refractivity contribution in [3.8, 4) is 0 Å². The van der Waals surface area contributed by atoms with Gasteiger partial charge in [0.15, 0.2) is 0 Å². The fourth-order valence-corrected chi connectivity index (χ4v) is 0.854. The van der Waals surface area contributed by atoms with E-state index in [2.05, 4.69) is 16.1 Å². The summed E-state index contributed by atoms with van der Waals surface area (Å²) in [5.74, 6) is -3.36. The first-order valence-corrected chi connectivity index (χ1v) is 4.21. The van der Waals surface area contributed by atoms with Crippen LogP contribution in [-0.2, 0) is 14.3 Å². The Hall–Kier alpha value is 0.100. The minimum Gasteiger partial charge on any atom is -1.00 e. The molecule has 0 N–H and O–H groups in total. The van der Waals surface area contributed by atoms with Crippen molar-refractivity contribution in [2.45, 2.75) is 26.1 Å². The first-order chi connectivity index (χ1) is 6.10. The van der Waals surface area contributed by atoms with Gasteiger partial charge in [-0.2, -0.15) is 4.39 Å². The normalized spacial score (nSPS) is 13.6. The molecule has 0 saturated carbocycles. The van der Waals surface area contributed by atoms with Gasteiger partial charge in [-0.3, -0.25) is 0 Å². The van der Waals surface area contributed by atoms with E-state index in [9.17, 15) is 9.18 Å². The van der Waals surface area contributed by atoms with Crippen LogP contribution in [0.15, 0.2) is 12.7 Å². The smallest absolute Gasteiger partial charge is 1.00 e. The second-order valence-electron chi connectivity index (χ2n) is 2.37. The van der Waals surface area contributed by atoms with Gasteiger partial charge < -0.3 is 10.9 Å². The summed E-state index contributed by atoms with van der Waals surface area (Å²) in [5.41, 5.74) is 0. The molecule has 0 bridgehead atoms. The van der Waals surface area contributed by atoms with Crippen molar-refractivity contribution in [3.63, 3.8) is 0 Å². The van der Waals surface area contributed by atoms with Crippen molar-refractivity contribution in [2.75, 3.05) is 13.2 Å². The molecule has 0 aromatic rings. The molecular weight excluding hydrogens is 198 g/mol. The standard InChI is InChI=1S/C9H15FO3.Na.H/c1-4-7-9(10,13-6-3)8(11)12-5-2;;/h4H,1,5-7H2,2-3H3;;/q;+1;-1. The SMILES string of the molecule is C=CCC(F)(OCC)C(=O)OCC.[H-].[Na+]. The predicted octanol–water partition coefficient (Wildman–Crippen LogP) is -1.06. The summed E-state index contributed by atoms with van der Waals surface area (Å²) in [6.45, 7) is 6.81. The van der Waals surface area contributed by atoms with Gasteiger partial charge in [0, 0.05) is 13.0 Å². The Morgan fingerprint density at radius 1 is 1.57 bits per heavy atom. The number of ether oxygens (including phenoxy) is 2. The minimum absolute atomic E-state index is 0. The van der Waals surface area contributed by atoms with Crippen LogP contribution >= 0.6 is 0 Å². The summed E-state index contributed by atoms with van der Waals surface area (Å²) in [4.78, 5) is 11.1. The third-order valence-electron chi connectivity index (χ3n) is 1.36. The number of carbonyl (C=O) groups is 1. The molecule has 5 heteroatoms. The van der Waals surface area contributed by atoms with Crippen LogP contribution < -0.4 is 29.6 Å². The first-order valence-electron chi connectivity index (χ1n) is 4.21. The van der Waals surface area contributed by atoms with Crippen LogP contribution in [0.5, 0.6) is 0 Å². The summed E-state index contributed by atoms with van der Waals surface area (Å²) in [5, 5.41) is 0. The third-order valence-corrected chi connectivity index (χ3v) is 1.36. The van der Waals surface area contributed by atoms with E-state index in [0.717, 1.165) is 0 Å². The molecule has 0 saturated heterocycles. The predicted molar refractivity (Wildman–Crippen MR) is 48.0 cm³/mol. The molecule has 0 fully saturated rings. The fourth-order valence-electron chi connectivity index (χ4n) is 0.854. The van der Waals surface area contributed by atoms with E-state index >= 15 is 0 Å². The van der Waals surface area contributed by atoms with Crippen molar-refractivity contribution >= 4 is 5.97 Å². The molecule has 78 valence electrons. The van der Waals surface area contributed by atoms with Gasteiger partial charge in [-0.25, -0.2) is 4.79 Å². The number of esters is 1. The van der Waals surface area contributed by atoms with Crippen LogP contribution in [0, 0.1) is 0 Å². The molecule has 0 aliphatic rings. The summed E-state index contributed by atoms with van der Waals surface area (Å²) in [6, 6.07) is 0. The molecule has 0 aromatic heterocycles. The Morgan fingerprint density at radius 2 is 2.14 bits per heavy atom. The van der Waals surface area contributed by atoms with Crippen LogP contribution in [0.2, 0.25) is 0 Å². The number of hydrogen-bond acceptors (Lipinski definition) is 3. The minimum atomic E-state index is -2.37. The Labute approximate surface area is 107 Å². The van der Waals surface area contributed by atoms with Crippen molar-refractivity contribution in [1.29, 1.82) is 0 Å². The third kappa shape index (κ3) is 5.10. The average molecular weight is 214 g/mol. The molecule has 1 unspecified atom stereocenters. The van der Waals surface area contributed by atoms with Gasteiger partial charge >= 0.3 is 41.4 Å². The molecule has 0 amide bonds. The largest absolute Gasteiger partial charge is 1.00 e. The van der Waals surface area contributed by atoms with E-state index in [1.165, 1.54) is 6.08 Å². The van der Waals surface area contributed by atoms with E-state index in [-0.39, 0.29) is 50.6 Å². The van der Waals surface area contributed by atoms with Crippen molar-refractivity contribution in [2.24, 2.45) is 0 Å². The van der Waals surface area contributed by atoms with Gasteiger partial charge in [-0.1, -0.05) is 6.08 Å². The maximum Gasteiger partial charge on any atom is 1.00 e. The van der Waals surface area contributed by atoms with Crippen LogP contribution in [0.25, 0.3) is 0 Å². The topological polar surface area (TPSA) is 35.5 Å². The molecule has 3 nitrogen and oxygen atoms in total. The molecule has 0 heterocycles. The summed E-state index contributed by atoms with van der Waals surface area (Å²) in [7, 11) is 0. The van der Waals surface area contributed by atoms with E-state index in [4.69, 9.17) is 0 Å². The monoisotopic (exact) mass is 214 g/mol. The van der Waals surface area contributed by atoms with Crippen LogP contribution in [0.1, 0.15) is 21.7 Å². The molecule has 0 rings (SSSR count). The van der Waals surface area contributed by atoms with Crippen LogP contribution in [-0.4, -0.2) is 25.0 Å². The number of halogens is 1.